The van der Waals surface area contributed by atoms with Crippen molar-refractivity contribution in [3.8, 4) is 5.75 Å². The second-order valence-electron chi connectivity index (χ2n) is 5.84. The molecule has 126 valence electrons. The average Bonchev–Trinajstić information content (AvgIpc) is 3.12. The molecule has 5 heteroatoms. The molecule has 1 aliphatic heterocycles. The number of hydrogen-bond donors (Lipinski definition) is 0. The van der Waals surface area contributed by atoms with Gasteiger partial charge in [0.25, 0.3) is 0 Å². The second-order valence-corrected chi connectivity index (χ2v) is 7.66. The average molecular weight is 343 g/mol. The van der Waals surface area contributed by atoms with Crippen LogP contribution in [0.1, 0.15) is 23.5 Å². The molecule has 0 N–H and O–H groups in total. The predicted octanol–water partition coefficient (Wildman–Crippen LogP) is 3.49. The van der Waals surface area contributed by atoms with Crippen LogP contribution in [0, 0.1) is 0 Å². The van der Waals surface area contributed by atoms with Gasteiger partial charge in [-0.25, -0.2) is 8.42 Å². The Bertz CT molecular complexity index is 816. The first-order chi connectivity index (χ1) is 11.6. The minimum atomic E-state index is -3.41. The molecule has 0 aliphatic carbocycles. The lowest BCUT2D eigenvalue weighted by atomic mass is 9.97. The summed E-state index contributed by atoms with van der Waals surface area (Å²) in [7, 11) is -1.76. The summed E-state index contributed by atoms with van der Waals surface area (Å²) in [6.45, 7) is 1.02. The van der Waals surface area contributed by atoms with Gasteiger partial charge in [-0.1, -0.05) is 48.5 Å². The SMILES string of the molecule is COc1ccccc1C1CCN(S(=O)(=O)C=Cc2ccccc2)C1. The fourth-order valence-electron chi connectivity index (χ4n) is 3.03. The molecular formula is C19H21NO3S. The van der Waals surface area contributed by atoms with Crippen molar-refractivity contribution < 1.29 is 13.2 Å². The molecule has 24 heavy (non-hydrogen) atoms. The standard InChI is InChI=1S/C19H21NO3S/c1-23-19-10-6-5-9-18(19)17-11-13-20(15-17)24(21,22)14-12-16-7-3-2-4-8-16/h2-10,12,14,17H,11,13,15H2,1H3. The molecule has 1 aliphatic rings. The second kappa shape index (κ2) is 7.20. The summed E-state index contributed by atoms with van der Waals surface area (Å²) in [6.07, 6.45) is 2.45. The molecular weight excluding hydrogens is 322 g/mol. The highest BCUT2D eigenvalue weighted by molar-refractivity contribution is 7.92. The lowest BCUT2D eigenvalue weighted by Crippen LogP contribution is -2.26. The van der Waals surface area contributed by atoms with E-state index in [0.29, 0.717) is 13.1 Å². The molecule has 2 aromatic carbocycles. The minimum absolute atomic E-state index is 0.168. The summed E-state index contributed by atoms with van der Waals surface area (Å²) in [5.41, 5.74) is 1.95. The molecule has 1 heterocycles. The molecule has 0 amide bonds. The summed E-state index contributed by atoms with van der Waals surface area (Å²) >= 11 is 0. The van der Waals surface area contributed by atoms with Gasteiger partial charge >= 0.3 is 0 Å². The van der Waals surface area contributed by atoms with E-state index in [1.165, 1.54) is 5.41 Å². The topological polar surface area (TPSA) is 46.6 Å². The summed E-state index contributed by atoms with van der Waals surface area (Å²) < 4.78 is 32.0. The van der Waals surface area contributed by atoms with Crippen LogP contribution in [0.3, 0.4) is 0 Å². The van der Waals surface area contributed by atoms with Gasteiger partial charge in [0.15, 0.2) is 0 Å². The van der Waals surface area contributed by atoms with E-state index < -0.39 is 10.0 Å². The van der Waals surface area contributed by atoms with Crippen LogP contribution in [0.25, 0.3) is 6.08 Å². The third kappa shape index (κ3) is 3.68. The molecule has 3 rings (SSSR count). The number of sulfonamides is 1. The zero-order valence-corrected chi connectivity index (χ0v) is 14.4. The van der Waals surface area contributed by atoms with Crippen molar-refractivity contribution in [1.82, 2.24) is 4.31 Å². The predicted molar refractivity (Wildman–Crippen MR) is 96.3 cm³/mol. The zero-order chi connectivity index (χ0) is 17.0. The molecule has 1 unspecified atom stereocenters. The van der Waals surface area contributed by atoms with Crippen LogP contribution in [-0.2, 0) is 10.0 Å². The van der Waals surface area contributed by atoms with Gasteiger partial charge in [0.1, 0.15) is 5.75 Å². The van der Waals surface area contributed by atoms with E-state index in [0.717, 1.165) is 23.3 Å². The molecule has 0 aromatic heterocycles. The number of hydrogen-bond acceptors (Lipinski definition) is 3. The Morgan fingerprint density at radius 2 is 1.79 bits per heavy atom. The Labute approximate surface area is 143 Å². The van der Waals surface area contributed by atoms with Crippen LogP contribution >= 0.6 is 0 Å². The molecule has 1 atom stereocenters. The third-order valence-corrected chi connectivity index (χ3v) is 5.85. The van der Waals surface area contributed by atoms with E-state index in [2.05, 4.69) is 0 Å². The number of methoxy groups -OCH3 is 1. The van der Waals surface area contributed by atoms with Crippen LogP contribution in [-0.4, -0.2) is 32.9 Å². The summed E-state index contributed by atoms with van der Waals surface area (Å²) in [4.78, 5) is 0. The first kappa shape index (κ1) is 16.7. The normalized spacial score (nSPS) is 19.0. The van der Waals surface area contributed by atoms with E-state index in [-0.39, 0.29) is 5.92 Å². The highest BCUT2D eigenvalue weighted by atomic mass is 32.2. The molecule has 2 aromatic rings. The monoisotopic (exact) mass is 343 g/mol. The van der Waals surface area contributed by atoms with Crippen molar-refractivity contribution in [3.63, 3.8) is 0 Å². The Kier molecular flexibility index (Phi) is 5.02. The lowest BCUT2D eigenvalue weighted by molar-refractivity contribution is 0.405. The zero-order valence-electron chi connectivity index (χ0n) is 13.6. The number of benzene rings is 2. The molecule has 1 fully saturated rings. The molecule has 0 saturated carbocycles. The van der Waals surface area contributed by atoms with E-state index in [1.807, 2.05) is 54.6 Å². The maximum absolute atomic E-state index is 12.5. The van der Waals surface area contributed by atoms with Crippen LogP contribution in [0.5, 0.6) is 5.75 Å². The Morgan fingerprint density at radius 3 is 2.54 bits per heavy atom. The highest BCUT2D eigenvalue weighted by Gasteiger charge is 2.31. The van der Waals surface area contributed by atoms with Crippen LogP contribution in [0.15, 0.2) is 60.0 Å². The van der Waals surface area contributed by atoms with Crippen molar-refractivity contribution in [3.05, 3.63) is 71.1 Å². The maximum Gasteiger partial charge on any atom is 0.236 e. The van der Waals surface area contributed by atoms with Crippen molar-refractivity contribution in [2.45, 2.75) is 12.3 Å². The highest BCUT2D eigenvalue weighted by Crippen LogP contribution is 2.34. The lowest BCUT2D eigenvalue weighted by Gasteiger charge is -2.16. The Hall–Kier alpha value is -2.11. The van der Waals surface area contributed by atoms with Crippen molar-refractivity contribution in [2.24, 2.45) is 0 Å². The summed E-state index contributed by atoms with van der Waals surface area (Å²) in [5.74, 6) is 0.989. The van der Waals surface area contributed by atoms with E-state index in [9.17, 15) is 8.42 Å². The van der Waals surface area contributed by atoms with E-state index in [1.54, 1.807) is 17.5 Å². The quantitative estimate of drug-likeness (QED) is 0.835. The summed E-state index contributed by atoms with van der Waals surface area (Å²) in [6, 6.07) is 17.3. The smallest absolute Gasteiger partial charge is 0.236 e. The largest absolute Gasteiger partial charge is 0.496 e. The first-order valence-corrected chi connectivity index (χ1v) is 9.46. The molecule has 1 saturated heterocycles. The fraction of sp³-hybridized carbons (Fsp3) is 0.263. The van der Waals surface area contributed by atoms with Gasteiger partial charge in [-0.15, -0.1) is 0 Å². The van der Waals surface area contributed by atoms with Crippen LogP contribution < -0.4 is 4.74 Å². The van der Waals surface area contributed by atoms with Crippen molar-refractivity contribution >= 4 is 16.1 Å². The number of para-hydroxylation sites is 1. The van der Waals surface area contributed by atoms with E-state index >= 15 is 0 Å². The Morgan fingerprint density at radius 1 is 1.08 bits per heavy atom. The van der Waals surface area contributed by atoms with E-state index in [4.69, 9.17) is 4.74 Å². The number of nitrogens with zero attached hydrogens (tertiary/aromatic N) is 1. The minimum Gasteiger partial charge on any atom is -0.496 e. The third-order valence-electron chi connectivity index (χ3n) is 4.32. The van der Waals surface area contributed by atoms with Gasteiger partial charge in [-0.2, -0.15) is 4.31 Å². The number of ether oxygens (including phenoxy) is 1. The van der Waals surface area contributed by atoms with Gasteiger partial charge < -0.3 is 4.74 Å². The van der Waals surface area contributed by atoms with Gasteiger partial charge in [-0.05, 0) is 29.7 Å². The van der Waals surface area contributed by atoms with Crippen molar-refractivity contribution in [1.29, 1.82) is 0 Å². The first-order valence-electron chi connectivity index (χ1n) is 7.96. The molecule has 0 spiro atoms. The summed E-state index contributed by atoms with van der Waals surface area (Å²) in [5, 5.41) is 1.30. The molecule has 4 nitrogen and oxygen atoms in total. The maximum atomic E-state index is 12.5. The van der Waals surface area contributed by atoms with Crippen LogP contribution in [0.4, 0.5) is 0 Å². The van der Waals surface area contributed by atoms with Gasteiger partial charge in [0.05, 0.1) is 7.11 Å². The molecule has 0 radical (unpaired) electrons. The Balaban J connectivity index is 1.74. The molecule has 0 bridgehead atoms. The van der Waals surface area contributed by atoms with Gasteiger partial charge in [0.2, 0.25) is 10.0 Å². The van der Waals surface area contributed by atoms with Gasteiger partial charge in [0, 0.05) is 24.4 Å². The van der Waals surface area contributed by atoms with Crippen LogP contribution in [0.2, 0.25) is 0 Å². The van der Waals surface area contributed by atoms with Gasteiger partial charge in [-0.3, -0.25) is 0 Å². The number of rotatable bonds is 5. The fourth-order valence-corrected chi connectivity index (χ4v) is 4.28. The van der Waals surface area contributed by atoms with Crippen molar-refractivity contribution in [2.75, 3.05) is 20.2 Å².